The number of hydrogen-bond donors (Lipinski definition) is 3. The first-order chi connectivity index (χ1) is 8.78. The fourth-order valence-corrected chi connectivity index (χ4v) is 3.41. The van der Waals surface area contributed by atoms with Crippen LogP contribution in [0.1, 0.15) is 6.42 Å². The number of rotatable bonds is 2. The molecule has 2 heterocycles. The monoisotopic (exact) mass is 290 g/mol. The highest BCUT2D eigenvalue weighted by molar-refractivity contribution is 7.94. The number of aliphatic hydroxyl groups is 1. The molecule has 2 aliphatic heterocycles. The van der Waals surface area contributed by atoms with Gasteiger partial charge in [-0.25, -0.2) is 18.0 Å². The highest BCUT2D eigenvalue weighted by atomic mass is 32.2. The Balaban J connectivity index is 2.00. The van der Waals surface area contributed by atoms with E-state index in [9.17, 15) is 23.1 Å². The summed E-state index contributed by atoms with van der Waals surface area (Å²) in [6.07, 6.45) is 0.437. The van der Waals surface area contributed by atoms with Gasteiger partial charge in [0.05, 0.1) is 17.9 Å². The maximum Gasteiger partial charge on any atom is 0.326 e. The summed E-state index contributed by atoms with van der Waals surface area (Å²) in [4.78, 5) is 23.8. The van der Waals surface area contributed by atoms with E-state index in [1.165, 1.54) is 6.08 Å². The van der Waals surface area contributed by atoms with Crippen molar-refractivity contribution in [3.8, 4) is 0 Å². The van der Waals surface area contributed by atoms with Gasteiger partial charge in [-0.15, -0.1) is 0 Å². The average Bonchev–Trinajstić information content (AvgIpc) is 2.82. The molecule has 1 unspecified atom stereocenters. The van der Waals surface area contributed by atoms with Crippen molar-refractivity contribution in [2.75, 3.05) is 12.3 Å². The first-order valence-corrected chi connectivity index (χ1v) is 7.39. The second-order valence-corrected chi connectivity index (χ2v) is 6.54. The quantitative estimate of drug-likeness (QED) is 0.570. The van der Waals surface area contributed by atoms with E-state index in [1.807, 2.05) is 0 Å². The molecule has 0 radical (unpaired) electrons. The van der Waals surface area contributed by atoms with Crippen LogP contribution in [-0.4, -0.2) is 66.0 Å². The number of carboxylic acid groups (broad SMARTS) is 1. The molecule has 0 saturated carbocycles. The van der Waals surface area contributed by atoms with E-state index in [1.54, 1.807) is 0 Å². The van der Waals surface area contributed by atoms with Crippen LogP contribution in [0.2, 0.25) is 0 Å². The van der Waals surface area contributed by atoms with Gasteiger partial charge in [-0.3, -0.25) is 0 Å². The molecule has 0 bridgehead atoms. The Labute approximate surface area is 109 Å². The van der Waals surface area contributed by atoms with Crippen LogP contribution in [0.3, 0.4) is 0 Å². The van der Waals surface area contributed by atoms with Crippen LogP contribution >= 0.6 is 0 Å². The minimum absolute atomic E-state index is 0.0262. The Morgan fingerprint density at radius 2 is 2.05 bits per heavy atom. The van der Waals surface area contributed by atoms with Gasteiger partial charge >= 0.3 is 12.0 Å². The number of aliphatic hydroxyl groups excluding tert-OH is 1. The van der Waals surface area contributed by atoms with Crippen molar-refractivity contribution >= 4 is 21.8 Å². The highest BCUT2D eigenvalue weighted by Gasteiger charge is 2.39. The van der Waals surface area contributed by atoms with E-state index in [2.05, 4.69) is 5.32 Å². The minimum atomic E-state index is -3.28. The van der Waals surface area contributed by atoms with Crippen molar-refractivity contribution < 1.29 is 28.2 Å². The highest BCUT2D eigenvalue weighted by Crippen LogP contribution is 2.19. The number of hydrogen-bond acceptors (Lipinski definition) is 5. The van der Waals surface area contributed by atoms with Crippen LogP contribution in [0.25, 0.3) is 0 Å². The van der Waals surface area contributed by atoms with Gasteiger partial charge < -0.3 is 20.4 Å². The van der Waals surface area contributed by atoms with Crippen LogP contribution in [0, 0.1) is 0 Å². The maximum atomic E-state index is 11.9. The number of carbonyl (C=O) groups is 2. The number of nitrogens with zero attached hydrogens (tertiary/aromatic N) is 1. The Bertz CT molecular complexity index is 528. The predicted octanol–water partition coefficient (Wildman–Crippen LogP) is -1.47. The van der Waals surface area contributed by atoms with Crippen LogP contribution in [0.4, 0.5) is 4.79 Å². The lowest BCUT2D eigenvalue weighted by atomic mass is 10.2. The Morgan fingerprint density at radius 3 is 2.58 bits per heavy atom. The second kappa shape index (κ2) is 4.82. The SMILES string of the molecule is O=C(O)[C@@H]1C[C@@H](O)CN1C(=O)NC1C=CS(=O)(=O)C1. The minimum Gasteiger partial charge on any atom is -0.480 e. The van der Waals surface area contributed by atoms with Crippen molar-refractivity contribution in [1.29, 1.82) is 0 Å². The Kier molecular flexibility index (Phi) is 3.50. The molecule has 1 fully saturated rings. The summed E-state index contributed by atoms with van der Waals surface area (Å²) >= 11 is 0. The third kappa shape index (κ3) is 3.04. The fourth-order valence-electron chi connectivity index (χ4n) is 2.18. The molecule has 3 N–H and O–H groups in total. The standard InChI is InChI=1S/C10H14N2O6S/c13-7-3-8(9(14)15)12(4-7)10(16)11-6-1-2-19(17,18)5-6/h1-2,6-8,13H,3-5H2,(H,11,16)(H,14,15)/t6?,7-,8+/m1/s1. The number of nitrogens with one attached hydrogen (secondary N) is 1. The fraction of sp³-hybridized carbons (Fsp3) is 0.600. The molecule has 19 heavy (non-hydrogen) atoms. The number of urea groups is 1. The van der Waals surface area contributed by atoms with Gasteiger partial charge in [0.1, 0.15) is 6.04 Å². The summed E-state index contributed by atoms with van der Waals surface area (Å²) in [6.45, 7) is -0.0774. The zero-order valence-electron chi connectivity index (χ0n) is 9.89. The first kappa shape index (κ1) is 13.8. The van der Waals surface area contributed by atoms with Crippen molar-refractivity contribution in [2.45, 2.75) is 24.6 Å². The van der Waals surface area contributed by atoms with E-state index in [-0.39, 0.29) is 18.7 Å². The molecular weight excluding hydrogens is 276 g/mol. The molecule has 8 nitrogen and oxygen atoms in total. The number of sulfone groups is 1. The Hall–Kier alpha value is -1.61. The molecule has 2 rings (SSSR count). The number of likely N-dealkylation sites (tertiary alicyclic amines) is 1. The van der Waals surface area contributed by atoms with Crippen molar-refractivity contribution in [1.82, 2.24) is 10.2 Å². The molecule has 2 aliphatic rings. The molecule has 2 amide bonds. The number of aliphatic carboxylic acids is 1. The third-order valence-electron chi connectivity index (χ3n) is 3.06. The second-order valence-electron chi connectivity index (χ2n) is 4.61. The predicted molar refractivity (Wildman–Crippen MR) is 64.0 cm³/mol. The van der Waals surface area contributed by atoms with Crippen LogP contribution in [0.5, 0.6) is 0 Å². The molecule has 1 saturated heterocycles. The third-order valence-corrected chi connectivity index (χ3v) is 4.46. The van der Waals surface area contributed by atoms with E-state index in [0.717, 1.165) is 10.3 Å². The van der Waals surface area contributed by atoms with Gasteiger partial charge in [-0.05, 0) is 6.08 Å². The van der Waals surface area contributed by atoms with E-state index < -0.39 is 40.0 Å². The molecule has 0 aromatic carbocycles. The van der Waals surface area contributed by atoms with Crippen LogP contribution in [0.15, 0.2) is 11.5 Å². The van der Waals surface area contributed by atoms with Gasteiger partial charge in [-0.2, -0.15) is 0 Å². The van der Waals surface area contributed by atoms with Crippen LogP contribution < -0.4 is 5.32 Å². The maximum absolute atomic E-state index is 11.9. The van der Waals surface area contributed by atoms with Gasteiger partial charge in [0.15, 0.2) is 9.84 Å². The molecule has 106 valence electrons. The number of amides is 2. The van der Waals surface area contributed by atoms with Crippen LogP contribution in [-0.2, 0) is 14.6 Å². The molecule has 9 heteroatoms. The average molecular weight is 290 g/mol. The Morgan fingerprint density at radius 1 is 1.37 bits per heavy atom. The zero-order valence-corrected chi connectivity index (χ0v) is 10.7. The smallest absolute Gasteiger partial charge is 0.326 e. The normalized spacial score (nSPS) is 32.5. The van der Waals surface area contributed by atoms with Gasteiger partial charge in [0.25, 0.3) is 0 Å². The summed E-state index contributed by atoms with van der Waals surface area (Å²) in [7, 11) is -3.28. The summed E-state index contributed by atoms with van der Waals surface area (Å²) in [6, 6.07) is -2.43. The summed E-state index contributed by atoms with van der Waals surface area (Å²) in [5.41, 5.74) is 0. The number of carboxylic acids is 1. The van der Waals surface area contributed by atoms with Crippen molar-refractivity contribution in [3.05, 3.63) is 11.5 Å². The molecule has 3 atom stereocenters. The lowest BCUT2D eigenvalue weighted by Crippen LogP contribution is -2.49. The van der Waals surface area contributed by atoms with E-state index >= 15 is 0 Å². The van der Waals surface area contributed by atoms with E-state index in [4.69, 9.17) is 5.11 Å². The van der Waals surface area contributed by atoms with Crippen molar-refractivity contribution in [2.24, 2.45) is 0 Å². The van der Waals surface area contributed by atoms with Gasteiger partial charge in [0.2, 0.25) is 0 Å². The van der Waals surface area contributed by atoms with Crippen molar-refractivity contribution in [3.63, 3.8) is 0 Å². The summed E-state index contributed by atoms with van der Waals surface area (Å²) < 4.78 is 22.4. The molecule has 0 aliphatic carbocycles. The largest absolute Gasteiger partial charge is 0.480 e. The molecular formula is C10H14N2O6S. The van der Waals surface area contributed by atoms with Gasteiger partial charge in [0, 0.05) is 18.4 Å². The number of carbonyl (C=O) groups excluding carboxylic acids is 1. The first-order valence-electron chi connectivity index (χ1n) is 5.67. The van der Waals surface area contributed by atoms with E-state index in [0.29, 0.717) is 0 Å². The topological polar surface area (TPSA) is 124 Å². The summed E-state index contributed by atoms with van der Waals surface area (Å²) in [5.74, 6) is -1.42. The van der Waals surface area contributed by atoms with Gasteiger partial charge in [-0.1, -0.05) is 0 Å². The lowest BCUT2D eigenvalue weighted by Gasteiger charge is -2.23. The molecule has 0 aromatic rings. The molecule has 0 aromatic heterocycles. The lowest BCUT2D eigenvalue weighted by molar-refractivity contribution is -0.141. The zero-order chi connectivity index (χ0) is 14.2. The number of β-amino-alcohol motifs (C(OH)–C–C–N with tert-alkyl or cyclic N) is 1. The molecule has 0 spiro atoms. The summed E-state index contributed by atoms with van der Waals surface area (Å²) in [5, 5.41) is 21.8.